The summed E-state index contributed by atoms with van der Waals surface area (Å²) in [7, 11) is 0. The highest BCUT2D eigenvalue weighted by molar-refractivity contribution is 6.33. The second-order valence-corrected chi connectivity index (χ2v) is 3.79. The van der Waals surface area contributed by atoms with Crippen LogP contribution in [-0.4, -0.2) is 24.1 Å². The first kappa shape index (κ1) is 12.8. The molecule has 3 N–H and O–H groups in total. The molecular formula is C11H15ClN2O2. The van der Waals surface area contributed by atoms with Crippen molar-refractivity contribution in [3.63, 3.8) is 0 Å². The van der Waals surface area contributed by atoms with Crippen LogP contribution in [-0.2, 0) is 11.4 Å². The maximum Gasteiger partial charge on any atom is 0.236 e. The summed E-state index contributed by atoms with van der Waals surface area (Å²) in [6, 6.07) is 5.25. The average Bonchev–Trinajstić information content (AvgIpc) is 2.25. The molecule has 88 valence electrons. The number of likely N-dealkylation sites (N-methyl/N-ethyl adjacent to an activating group) is 1. The number of rotatable bonds is 5. The van der Waals surface area contributed by atoms with Crippen LogP contribution in [0.25, 0.3) is 0 Å². The summed E-state index contributed by atoms with van der Waals surface area (Å²) in [5, 5.41) is 9.73. The largest absolute Gasteiger partial charge is 0.392 e. The lowest BCUT2D eigenvalue weighted by atomic mass is 10.1. The van der Waals surface area contributed by atoms with Crippen molar-refractivity contribution in [2.24, 2.45) is 5.73 Å². The standard InChI is InChI=1S/C11H15ClN2O2/c1-2-14(6-10(13)16)11-8(7-15)4-3-5-9(11)12/h3-5,15H,2,6-7H2,1H3,(H2,13,16). The minimum atomic E-state index is -0.425. The van der Waals surface area contributed by atoms with E-state index in [-0.39, 0.29) is 13.2 Å². The van der Waals surface area contributed by atoms with Gasteiger partial charge < -0.3 is 15.7 Å². The highest BCUT2D eigenvalue weighted by Gasteiger charge is 2.14. The van der Waals surface area contributed by atoms with E-state index in [1.165, 1.54) is 0 Å². The number of hydrogen-bond acceptors (Lipinski definition) is 3. The zero-order valence-electron chi connectivity index (χ0n) is 9.11. The van der Waals surface area contributed by atoms with Crippen LogP contribution in [0.15, 0.2) is 18.2 Å². The Morgan fingerprint density at radius 1 is 1.56 bits per heavy atom. The normalized spacial score (nSPS) is 10.2. The van der Waals surface area contributed by atoms with Crippen molar-refractivity contribution in [2.75, 3.05) is 18.0 Å². The summed E-state index contributed by atoms with van der Waals surface area (Å²) in [6.07, 6.45) is 0. The molecule has 4 nitrogen and oxygen atoms in total. The number of nitrogens with two attached hydrogens (primary N) is 1. The number of anilines is 1. The number of nitrogens with zero attached hydrogens (tertiary/aromatic N) is 1. The molecule has 0 atom stereocenters. The van der Waals surface area contributed by atoms with Crippen molar-refractivity contribution >= 4 is 23.2 Å². The molecule has 0 heterocycles. The van der Waals surface area contributed by atoms with E-state index < -0.39 is 5.91 Å². The van der Waals surface area contributed by atoms with Crippen LogP contribution >= 0.6 is 11.6 Å². The average molecular weight is 243 g/mol. The van der Waals surface area contributed by atoms with Crippen molar-refractivity contribution in [3.8, 4) is 0 Å². The van der Waals surface area contributed by atoms with Gasteiger partial charge in [-0.1, -0.05) is 23.7 Å². The highest BCUT2D eigenvalue weighted by atomic mass is 35.5. The van der Waals surface area contributed by atoms with Crippen LogP contribution in [0.2, 0.25) is 5.02 Å². The molecule has 1 amide bonds. The van der Waals surface area contributed by atoms with Gasteiger partial charge in [0, 0.05) is 12.1 Å². The number of carbonyl (C=O) groups is 1. The molecule has 0 saturated carbocycles. The highest BCUT2D eigenvalue weighted by Crippen LogP contribution is 2.29. The first-order chi connectivity index (χ1) is 7.60. The molecule has 0 spiro atoms. The maximum absolute atomic E-state index is 10.9. The number of halogens is 1. The van der Waals surface area contributed by atoms with Crippen LogP contribution in [0.5, 0.6) is 0 Å². The number of hydrogen-bond donors (Lipinski definition) is 2. The molecule has 0 aliphatic rings. The summed E-state index contributed by atoms with van der Waals surface area (Å²) in [4.78, 5) is 12.7. The van der Waals surface area contributed by atoms with Crippen molar-refractivity contribution < 1.29 is 9.90 Å². The van der Waals surface area contributed by atoms with Crippen LogP contribution < -0.4 is 10.6 Å². The molecule has 1 rings (SSSR count). The van der Waals surface area contributed by atoms with Crippen molar-refractivity contribution in [1.82, 2.24) is 0 Å². The molecule has 0 aromatic heterocycles. The van der Waals surface area contributed by atoms with Gasteiger partial charge in [-0.3, -0.25) is 4.79 Å². The molecule has 0 saturated heterocycles. The summed E-state index contributed by atoms with van der Waals surface area (Å²) in [5.41, 5.74) is 6.53. The molecule has 0 bridgehead atoms. The zero-order valence-corrected chi connectivity index (χ0v) is 9.87. The van der Waals surface area contributed by atoms with Crippen LogP contribution in [0.3, 0.4) is 0 Å². The predicted octanol–water partition coefficient (Wildman–Crippen LogP) is 1.14. The maximum atomic E-state index is 10.9. The van der Waals surface area contributed by atoms with Gasteiger partial charge in [0.25, 0.3) is 0 Å². The summed E-state index contributed by atoms with van der Waals surface area (Å²) in [6.45, 7) is 2.46. The van der Waals surface area contributed by atoms with E-state index in [2.05, 4.69) is 0 Å². The Hall–Kier alpha value is -1.26. The molecule has 0 fully saturated rings. The minimum Gasteiger partial charge on any atom is -0.392 e. The third kappa shape index (κ3) is 2.87. The fourth-order valence-corrected chi connectivity index (χ4v) is 1.89. The molecule has 0 unspecified atom stereocenters. The second kappa shape index (κ2) is 5.72. The number of aliphatic hydroxyl groups is 1. The number of aliphatic hydroxyl groups excluding tert-OH is 1. The first-order valence-corrected chi connectivity index (χ1v) is 5.39. The third-order valence-electron chi connectivity index (χ3n) is 2.29. The van der Waals surface area contributed by atoms with E-state index in [1.54, 1.807) is 23.1 Å². The lowest BCUT2D eigenvalue weighted by Gasteiger charge is -2.24. The fraction of sp³-hybridized carbons (Fsp3) is 0.364. The van der Waals surface area contributed by atoms with E-state index in [1.807, 2.05) is 6.92 Å². The number of amides is 1. The summed E-state index contributed by atoms with van der Waals surface area (Å²) < 4.78 is 0. The fourth-order valence-electron chi connectivity index (χ4n) is 1.58. The van der Waals surface area contributed by atoms with Crippen LogP contribution in [0.4, 0.5) is 5.69 Å². The summed E-state index contributed by atoms with van der Waals surface area (Å²) >= 11 is 6.06. The molecule has 0 aliphatic heterocycles. The van der Waals surface area contributed by atoms with E-state index in [4.69, 9.17) is 17.3 Å². The van der Waals surface area contributed by atoms with Crippen LogP contribution in [0.1, 0.15) is 12.5 Å². The second-order valence-electron chi connectivity index (χ2n) is 3.39. The van der Waals surface area contributed by atoms with Gasteiger partial charge in [-0.05, 0) is 13.0 Å². The Labute approximate surface area is 99.6 Å². The molecule has 1 aromatic rings. The lowest BCUT2D eigenvalue weighted by molar-refractivity contribution is -0.116. The number of primary amides is 1. The van der Waals surface area contributed by atoms with Gasteiger partial charge in [-0.15, -0.1) is 0 Å². The Morgan fingerprint density at radius 3 is 2.75 bits per heavy atom. The molecular weight excluding hydrogens is 228 g/mol. The van der Waals surface area contributed by atoms with Gasteiger partial charge in [0.1, 0.15) is 0 Å². The minimum absolute atomic E-state index is 0.0905. The number of carbonyl (C=O) groups excluding carboxylic acids is 1. The Kier molecular flexibility index (Phi) is 4.58. The number of para-hydroxylation sites is 1. The smallest absolute Gasteiger partial charge is 0.236 e. The van der Waals surface area contributed by atoms with Crippen molar-refractivity contribution in [2.45, 2.75) is 13.5 Å². The molecule has 16 heavy (non-hydrogen) atoms. The predicted molar refractivity (Wildman–Crippen MR) is 64.5 cm³/mol. The molecule has 5 heteroatoms. The lowest BCUT2D eigenvalue weighted by Crippen LogP contribution is -2.34. The van der Waals surface area contributed by atoms with Crippen molar-refractivity contribution in [1.29, 1.82) is 0 Å². The van der Waals surface area contributed by atoms with Gasteiger partial charge in [-0.25, -0.2) is 0 Å². The van der Waals surface area contributed by atoms with Crippen LogP contribution in [0, 0.1) is 0 Å². The van der Waals surface area contributed by atoms with Gasteiger partial charge >= 0.3 is 0 Å². The topological polar surface area (TPSA) is 66.6 Å². The van der Waals surface area contributed by atoms with E-state index in [0.29, 0.717) is 22.8 Å². The Morgan fingerprint density at radius 2 is 2.25 bits per heavy atom. The monoisotopic (exact) mass is 242 g/mol. The van der Waals surface area contributed by atoms with Crippen molar-refractivity contribution in [3.05, 3.63) is 28.8 Å². The van der Waals surface area contributed by atoms with Gasteiger partial charge in [0.2, 0.25) is 5.91 Å². The zero-order chi connectivity index (χ0) is 12.1. The Bertz CT molecular complexity index is 382. The molecule has 0 aliphatic carbocycles. The quantitative estimate of drug-likeness (QED) is 0.814. The SMILES string of the molecule is CCN(CC(N)=O)c1c(Cl)cccc1CO. The van der Waals surface area contributed by atoms with Gasteiger partial charge in [-0.2, -0.15) is 0 Å². The summed E-state index contributed by atoms with van der Waals surface area (Å²) in [5.74, 6) is -0.425. The number of benzene rings is 1. The Balaban J connectivity index is 3.12. The molecule has 0 radical (unpaired) electrons. The van der Waals surface area contributed by atoms with E-state index in [9.17, 15) is 9.90 Å². The van der Waals surface area contributed by atoms with E-state index >= 15 is 0 Å². The van der Waals surface area contributed by atoms with E-state index in [0.717, 1.165) is 0 Å². The van der Waals surface area contributed by atoms with Gasteiger partial charge in [0.05, 0.1) is 23.9 Å². The molecule has 1 aromatic carbocycles. The van der Waals surface area contributed by atoms with Gasteiger partial charge in [0.15, 0.2) is 0 Å². The first-order valence-electron chi connectivity index (χ1n) is 5.01. The third-order valence-corrected chi connectivity index (χ3v) is 2.59.